The average Bonchev–Trinajstić information content (AvgIpc) is 3.12. The summed E-state index contributed by atoms with van der Waals surface area (Å²) in [7, 11) is 1.55. The van der Waals surface area contributed by atoms with Crippen molar-refractivity contribution in [1.29, 1.82) is 0 Å². The monoisotopic (exact) mass is 372 g/mol. The lowest BCUT2D eigenvalue weighted by Gasteiger charge is -2.29. The van der Waals surface area contributed by atoms with E-state index in [0.717, 1.165) is 0 Å². The number of rotatable bonds is 7. The van der Waals surface area contributed by atoms with E-state index in [1.165, 1.54) is 11.8 Å². The van der Waals surface area contributed by atoms with Gasteiger partial charge in [0, 0.05) is 19.2 Å². The molecule has 1 aliphatic rings. The van der Waals surface area contributed by atoms with E-state index in [4.69, 9.17) is 13.9 Å². The molecule has 1 aromatic carbocycles. The smallest absolute Gasteiger partial charge is 0.287 e. The molecule has 0 saturated carbocycles. The molecule has 27 heavy (non-hydrogen) atoms. The van der Waals surface area contributed by atoms with Gasteiger partial charge >= 0.3 is 0 Å². The molecule has 1 aromatic heterocycles. The van der Waals surface area contributed by atoms with Crippen molar-refractivity contribution >= 4 is 23.3 Å². The van der Waals surface area contributed by atoms with Crippen LogP contribution in [0.4, 0.5) is 5.69 Å². The SMILES string of the molecule is COCCNC(=O)c1ccc(CN2C(=O)COc3ccc(C(C)=O)cc32)o1. The first-order valence-corrected chi connectivity index (χ1v) is 8.43. The number of carbonyl (C=O) groups excluding carboxylic acids is 3. The Morgan fingerprint density at radius 3 is 2.81 bits per heavy atom. The summed E-state index contributed by atoms with van der Waals surface area (Å²) in [5, 5.41) is 2.67. The van der Waals surface area contributed by atoms with Crippen LogP contribution in [-0.2, 0) is 16.1 Å². The number of amides is 2. The number of Topliss-reactive ketones (excluding diaryl/α,β-unsaturated/α-hetero) is 1. The second kappa shape index (κ2) is 8.05. The van der Waals surface area contributed by atoms with E-state index < -0.39 is 0 Å². The van der Waals surface area contributed by atoms with Gasteiger partial charge in [0.15, 0.2) is 18.2 Å². The number of benzene rings is 1. The quantitative estimate of drug-likeness (QED) is 0.588. The summed E-state index contributed by atoms with van der Waals surface area (Å²) < 4.78 is 15.9. The fraction of sp³-hybridized carbons (Fsp3) is 0.316. The molecular formula is C19H20N2O6. The molecule has 0 aliphatic carbocycles. The van der Waals surface area contributed by atoms with Crippen LogP contribution in [0.2, 0.25) is 0 Å². The first kappa shape index (κ1) is 18.7. The Bertz CT molecular complexity index is 873. The fourth-order valence-electron chi connectivity index (χ4n) is 2.69. The van der Waals surface area contributed by atoms with E-state index in [0.29, 0.717) is 35.9 Å². The molecule has 8 nitrogen and oxygen atoms in total. The van der Waals surface area contributed by atoms with Gasteiger partial charge in [-0.3, -0.25) is 19.3 Å². The molecule has 0 spiro atoms. The molecule has 142 valence electrons. The Balaban J connectivity index is 1.78. The van der Waals surface area contributed by atoms with Crippen LogP contribution in [0.1, 0.15) is 33.6 Å². The third-order valence-electron chi connectivity index (χ3n) is 4.10. The lowest BCUT2D eigenvalue weighted by atomic mass is 10.1. The Hall–Kier alpha value is -3.13. The van der Waals surface area contributed by atoms with Crippen LogP contribution in [0.25, 0.3) is 0 Å². The average molecular weight is 372 g/mol. The Kier molecular flexibility index (Phi) is 5.56. The topological polar surface area (TPSA) is 98.1 Å². The third-order valence-corrected chi connectivity index (χ3v) is 4.10. The van der Waals surface area contributed by atoms with Crippen molar-refractivity contribution in [1.82, 2.24) is 5.32 Å². The summed E-state index contributed by atoms with van der Waals surface area (Å²) in [5.41, 5.74) is 0.983. The van der Waals surface area contributed by atoms with Crippen molar-refractivity contribution < 1.29 is 28.3 Å². The number of nitrogens with zero attached hydrogens (tertiary/aromatic N) is 1. The van der Waals surface area contributed by atoms with E-state index in [2.05, 4.69) is 5.32 Å². The molecule has 3 rings (SSSR count). The van der Waals surface area contributed by atoms with E-state index >= 15 is 0 Å². The zero-order valence-electron chi connectivity index (χ0n) is 15.1. The number of methoxy groups -OCH3 is 1. The van der Waals surface area contributed by atoms with E-state index in [-0.39, 0.29) is 36.5 Å². The number of anilines is 1. The van der Waals surface area contributed by atoms with Gasteiger partial charge in [-0.15, -0.1) is 0 Å². The number of hydrogen-bond acceptors (Lipinski definition) is 6. The Morgan fingerprint density at radius 2 is 2.07 bits per heavy atom. The number of ketones is 1. The minimum absolute atomic E-state index is 0.0997. The molecule has 0 unspecified atom stereocenters. The zero-order valence-corrected chi connectivity index (χ0v) is 15.1. The number of fused-ring (bicyclic) bond motifs is 1. The molecular weight excluding hydrogens is 352 g/mol. The molecule has 2 heterocycles. The van der Waals surface area contributed by atoms with Gasteiger partial charge in [0.25, 0.3) is 11.8 Å². The highest BCUT2D eigenvalue weighted by molar-refractivity contribution is 6.01. The number of ether oxygens (including phenoxy) is 2. The summed E-state index contributed by atoms with van der Waals surface area (Å²) >= 11 is 0. The van der Waals surface area contributed by atoms with Gasteiger partial charge in [0.1, 0.15) is 11.5 Å². The van der Waals surface area contributed by atoms with Gasteiger partial charge in [-0.05, 0) is 37.3 Å². The predicted octanol–water partition coefficient (Wildman–Crippen LogP) is 1.78. The molecule has 0 bridgehead atoms. The summed E-state index contributed by atoms with van der Waals surface area (Å²) in [6, 6.07) is 8.14. The summed E-state index contributed by atoms with van der Waals surface area (Å²) in [5.74, 6) is 0.393. The third kappa shape index (κ3) is 4.17. The maximum Gasteiger partial charge on any atom is 0.287 e. The molecule has 0 atom stereocenters. The number of nitrogens with one attached hydrogen (secondary N) is 1. The van der Waals surface area contributed by atoms with Crippen LogP contribution in [0.15, 0.2) is 34.7 Å². The molecule has 2 aromatic rings. The zero-order chi connectivity index (χ0) is 19.4. The van der Waals surface area contributed by atoms with Gasteiger partial charge in [-0.2, -0.15) is 0 Å². The standard InChI is InChI=1S/C19H20N2O6/c1-12(22)13-3-5-16-15(9-13)21(18(23)11-26-16)10-14-4-6-17(27-14)19(24)20-7-8-25-2/h3-6,9H,7-8,10-11H2,1-2H3,(H,20,24). The second-order valence-corrected chi connectivity index (χ2v) is 6.02. The van der Waals surface area contributed by atoms with Crippen LogP contribution in [-0.4, -0.2) is 44.5 Å². The van der Waals surface area contributed by atoms with Gasteiger partial charge in [0.2, 0.25) is 0 Å². The molecule has 2 amide bonds. The van der Waals surface area contributed by atoms with E-state index in [1.807, 2.05) is 0 Å². The van der Waals surface area contributed by atoms with Crippen molar-refractivity contribution in [3.05, 3.63) is 47.4 Å². The Morgan fingerprint density at radius 1 is 1.26 bits per heavy atom. The lowest BCUT2D eigenvalue weighted by molar-refractivity contribution is -0.121. The van der Waals surface area contributed by atoms with Gasteiger partial charge in [-0.1, -0.05) is 0 Å². The lowest BCUT2D eigenvalue weighted by Crippen LogP contribution is -2.38. The molecule has 1 N–H and O–H groups in total. The van der Waals surface area contributed by atoms with Crippen LogP contribution >= 0.6 is 0 Å². The van der Waals surface area contributed by atoms with Gasteiger partial charge in [0.05, 0.1) is 18.8 Å². The van der Waals surface area contributed by atoms with Crippen LogP contribution in [0.5, 0.6) is 5.75 Å². The summed E-state index contributed by atoms with van der Waals surface area (Å²) in [4.78, 5) is 37.5. The second-order valence-electron chi connectivity index (χ2n) is 6.02. The Labute approximate surface area is 156 Å². The molecule has 8 heteroatoms. The fourth-order valence-corrected chi connectivity index (χ4v) is 2.69. The van der Waals surface area contributed by atoms with Crippen molar-refractivity contribution in [2.75, 3.05) is 31.8 Å². The maximum atomic E-state index is 12.3. The minimum atomic E-state index is -0.356. The first-order valence-electron chi connectivity index (χ1n) is 8.43. The molecule has 1 aliphatic heterocycles. The predicted molar refractivity (Wildman–Crippen MR) is 96.0 cm³/mol. The number of hydrogen-bond donors (Lipinski definition) is 1. The minimum Gasteiger partial charge on any atom is -0.482 e. The molecule has 0 radical (unpaired) electrons. The van der Waals surface area contributed by atoms with Crippen molar-refractivity contribution in [2.24, 2.45) is 0 Å². The van der Waals surface area contributed by atoms with Crippen molar-refractivity contribution in [2.45, 2.75) is 13.5 Å². The van der Waals surface area contributed by atoms with Gasteiger partial charge < -0.3 is 19.2 Å². The van der Waals surface area contributed by atoms with Crippen molar-refractivity contribution in [3.8, 4) is 5.75 Å². The molecule has 0 fully saturated rings. The summed E-state index contributed by atoms with van der Waals surface area (Å²) in [6.45, 7) is 2.25. The van der Waals surface area contributed by atoms with Crippen LogP contribution < -0.4 is 15.0 Å². The largest absolute Gasteiger partial charge is 0.482 e. The highest BCUT2D eigenvalue weighted by Crippen LogP contribution is 2.34. The maximum absolute atomic E-state index is 12.3. The molecule has 0 saturated heterocycles. The normalized spacial score (nSPS) is 13.1. The summed E-state index contributed by atoms with van der Waals surface area (Å²) in [6.07, 6.45) is 0. The van der Waals surface area contributed by atoms with Crippen LogP contribution in [0, 0.1) is 0 Å². The number of carbonyl (C=O) groups is 3. The number of furan rings is 1. The van der Waals surface area contributed by atoms with E-state index in [1.54, 1.807) is 37.4 Å². The highest BCUT2D eigenvalue weighted by Gasteiger charge is 2.27. The van der Waals surface area contributed by atoms with E-state index in [9.17, 15) is 14.4 Å². The van der Waals surface area contributed by atoms with Crippen molar-refractivity contribution in [3.63, 3.8) is 0 Å². The van der Waals surface area contributed by atoms with Crippen LogP contribution in [0.3, 0.4) is 0 Å². The highest BCUT2D eigenvalue weighted by atomic mass is 16.5. The first-order chi connectivity index (χ1) is 13.0. The van der Waals surface area contributed by atoms with Gasteiger partial charge in [-0.25, -0.2) is 0 Å².